The van der Waals surface area contributed by atoms with Crippen molar-refractivity contribution in [3.63, 3.8) is 0 Å². The highest BCUT2D eigenvalue weighted by Gasteiger charge is 2.43. The molecule has 5 rings (SSSR count). The first-order chi connectivity index (χ1) is 15.4. The van der Waals surface area contributed by atoms with Gasteiger partial charge in [-0.15, -0.1) is 5.10 Å². The van der Waals surface area contributed by atoms with Gasteiger partial charge in [-0.1, -0.05) is 30.3 Å². The number of hydrogen-bond donors (Lipinski definition) is 1. The van der Waals surface area contributed by atoms with E-state index in [9.17, 15) is 18.0 Å². The third kappa shape index (κ3) is 4.53. The molecule has 1 saturated heterocycles. The molecule has 2 aromatic heterocycles. The SMILES string of the molecule is CNc1ccc(F)c(-c2nc3ncc(-c4ccccc4)cn3n2)c1.O=CN1CC(F)(F)C1. The van der Waals surface area contributed by atoms with Crippen molar-refractivity contribution in [2.24, 2.45) is 0 Å². The zero-order chi connectivity index (χ0) is 22.7. The van der Waals surface area contributed by atoms with Gasteiger partial charge in [0.2, 0.25) is 6.41 Å². The van der Waals surface area contributed by atoms with Gasteiger partial charge in [-0.3, -0.25) is 4.79 Å². The Labute approximate surface area is 181 Å². The van der Waals surface area contributed by atoms with Crippen LogP contribution in [0.1, 0.15) is 0 Å². The van der Waals surface area contributed by atoms with E-state index in [1.54, 1.807) is 29.9 Å². The summed E-state index contributed by atoms with van der Waals surface area (Å²) in [6, 6.07) is 14.6. The number of nitrogens with zero attached hydrogens (tertiary/aromatic N) is 5. The van der Waals surface area contributed by atoms with Crippen LogP contribution in [0.3, 0.4) is 0 Å². The van der Waals surface area contributed by atoms with Crippen LogP contribution in [0.15, 0.2) is 60.9 Å². The van der Waals surface area contributed by atoms with Crippen LogP contribution in [0.4, 0.5) is 18.9 Å². The zero-order valence-electron chi connectivity index (χ0n) is 17.0. The van der Waals surface area contributed by atoms with E-state index < -0.39 is 19.0 Å². The second-order valence-electron chi connectivity index (χ2n) is 7.20. The zero-order valence-corrected chi connectivity index (χ0v) is 17.0. The summed E-state index contributed by atoms with van der Waals surface area (Å²) in [6.45, 7) is -0.812. The van der Waals surface area contributed by atoms with Gasteiger partial charge >= 0.3 is 0 Å². The van der Waals surface area contributed by atoms with E-state index in [1.165, 1.54) is 6.07 Å². The second-order valence-corrected chi connectivity index (χ2v) is 7.20. The molecular formula is C22H19F3N6O. The fourth-order valence-electron chi connectivity index (χ4n) is 3.15. The molecule has 0 aliphatic carbocycles. The van der Waals surface area contributed by atoms with E-state index in [-0.39, 0.29) is 5.82 Å². The number of fused-ring (bicyclic) bond motifs is 1. The number of likely N-dealkylation sites (tertiary alicyclic amines) is 1. The average Bonchev–Trinajstić information content (AvgIpc) is 3.22. The third-order valence-corrected chi connectivity index (χ3v) is 4.81. The van der Waals surface area contributed by atoms with Crippen LogP contribution in [-0.4, -0.2) is 57.0 Å². The van der Waals surface area contributed by atoms with Crippen LogP contribution in [0, 0.1) is 5.82 Å². The molecule has 10 heteroatoms. The van der Waals surface area contributed by atoms with E-state index in [2.05, 4.69) is 20.4 Å². The Kier molecular flexibility index (Phi) is 5.76. The van der Waals surface area contributed by atoms with Gasteiger partial charge in [0.15, 0.2) is 5.82 Å². The standard InChI is InChI=1S/C18H14FN5.C4H5F2NO/c1-20-14-7-8-16(19)15(9-14)17-22-18-21-10-13(11-24(18)23-17)12-5-3-2-4-6-12;5-4(6)1-7(2-4)3-8/h2-11,20H,1H3;3H,1-2H2. The normalized spacial score (nSPS) is 14.3. The van der Waals surface area contributed by atoms with E-state index in [0.29, 0.717) is 23.6 Å². The molecular weight excluding hydrogens is 421 g/mol. The fraction of sp³-hybridized carbons (Fsp3) is 0.182. The number of carbonyl (C=O) groups excluding carboxylic acids is 1. The van der Waals surface area contributed by atoms with Crippen molar-refractivity contribution in [1.29, 1.82) is 0 Å². The lowest BCUT2D eigenvalue weighted by Gasteiger charge is -2.35. The highest BCUT2D eigenvalue weighted by molar-refractivity contribution is 5.66. The smallest absolute Gasteiger partial charge is 0.282 e. The van der Waals surface area contributed by atoms with Crippen LogP contribution in [0.5, 0.6) is 0 Å². The highest BCUT2D eigenvalue weighted by atomic mass is 19.3. The molecule has 164 valence electrons. The molecule has 0 spiro atoms. The number of nitrogens with one attached hydrogen (secondary N) is 1. The highest BCUT2D eigenvalue weighted by Crippen LogP contribution is 2.25. The predicted octanol–water partition coefficient (Wildman–Crippen LogP) is 3.73. The molecule has 1 aliphatic rings. The van der Waals surface area contributed by atoms with E-state index in [0.717, 1.165) is 21.7 Å². The Morgan fingerprint density at radius 3 is 2.47 bits per heavy atom. The lowest BCUT2D eigenvalue weighted by atomic mass is 10.1. The number of rotatable bonds is 4. The third-order valence-electron chi connectivity index (χ3n) is 4.81. The average molecular weight is 440 g/mol. The fourth-order valence-corrected chi connectivity index (χ4v) is 3.15. The number of benzene rings is 2. The lowest BCUT2D eigenvalue weighted by Crippen LogP contribution is -2.55. The van der Waals surface area contributed by atoms with Gasteiger partial charge in [0.25, 0.3) is 11.7 Å². The van der Waals surface area contributed by atoms with Gasteiger partial charge in [0.1, 0.15) is 5.82 Å². The first-order valence-corrected chi connectivity index (χ1v) is 9.71. The molecule has 1 aliphatic heterocycles. The summed E-state index contributed by atoms with van der Waals surface area (Å²) < 4.78 is 39.2. The van der Waals surface area contributed by atoms with Crippen molar-refractivity contribution >= 4 is 17.9 Å². The number of alkyl halides is 2. The molecule has 0 atom stereocenters. The summed E-state index contributed by atoms with van der Waals surface area (Å²) >= 11 is 0. The summed E-state index contributed by atoms with van der Waals surface area (Å²) in [7, 11) is 1.78. The molecule has 1 N–H and O–H groups in total. The summed E-state index contributed by atoms with van der Waals surface area (Å²) in [6.07, 6.45) is 4.01. The Hall–Kier alpha value is -3.95. The maximum Gasteiger partial charge on any atom is 0.282 e. The molecule has 0 radical (unpaired) electrons. The number of halogens is 3. The summed E-state index contributed by atoms with van der Waals surface area (Å²) in [5.41, 5.74) is 3.09. The number of carbonyl (C=O) groups is 1. The van der Waals surface area contributed by atoms with Crippen LogP contribution in [0.25, 0.3) is 28.3 Å². The topological polar surface area (TPSA) is 75.4 Å². The molecule has 4 aromatic rings. The number of hydrogen-bond acceptors (Lipinski definition) is 5. The van der Waals surface area contributed by atoms with Gasteiger partial charge in [-0.2, -0.15) is 4.98 Å². The van der Waals surface area contributed by atoms with E-state index in [4.69, 9.17) is 0 Å². The van der Waals surface area contributed by atoms with Gasteiger partial charge < -0.3 is 10.2 Å². The van der Waals surface area contributed by atoms with Crippen molar-refractivity contribution in [2.45, 2.75) is 5.92 Å². The first kappa shape index (κ1) is 21.3. The van der Waals surface area contributed by atoms with Gasteiger partial charge in [0, 0.05) is 30.7 Å². The minimum Gasteiger partial charge on any atom is -0.388 e. The molecule has 0 bridgehead atoms. The Balaban J connectivity index is 0.000000260. The van der Waals surface area contributed by atoms with Crippen molar-refractivity contribution in [1.82, 2.24) is 24.5 Å². The van der Waals surface area contributed by atoms with Crippen LogP contribution in [-0.2, 0) is 4.79 Å². The number of aromatic nitrogens is 4. The summed E-state index contributed by atoms with van der Waals surface area (Å²) in [5, 5.41) is 7.36. The van der Waals surface area contributed by atoms with E-state index in [1.807, 2.05) is 36.5 Å². The van der Waals surface area contributed by atoms with Crippen LogP contribution in [0.2, 0.25) is 0 Å². The molecule has 0 unspecified atom stereocenters. The molecule has 1 amide bonds. The van der Waals surface area contributed by atoms with Crippen molar-refractivity contribution in [3.05, 3.63) is 66.7 Å². The number of amides is 1. The maximum atomic E-state index is 14.1. The minimum atomic E-state index is -2.61. The molecule has 2 aromatic carbocycles. The van der Waals surface area contributed by atoms with Gasteiger partial charge in [-0.25, -0.2) is 22.7 Å². The Morgan fingerprint density at radius 1 is 1.09 bits per heavy atom. The van der Waals surface area contributed by atoms with Gasteiger partial charge in [-0.05, 0) is 23.8 Å². The predicted molar refractivity (Wildman–Crippen MR) is 114 cm³/mol. The monoisotopic (exact) mass is 440 g/mol. The quantitative estimate of drug-likeness (QED) is 0.490. The van der Waals surface area contributed by atoms with Crippen LogP contribution < -0.4 is 5.32 Å². The number of anilines is 1. The largest absolute Gasteiger partial charge is 0.388 e. The maximum absolute atomic E-state index is 14.1. The minimum absolute atomic E-state index is 0.308. The molecule has 0 saturated carbocycles. The molecule has 7 nitrogen and oxygen atoms in total. The second kappa shape index (κ2) is 8.66. The summed E-state index contributed by atoms with van der Waals surface area (Å²) in [5.74, 6) is -2.24. The Morgan fingerprint density at radius 2 is 1.84 bits per heavy atom. The Bertz CT molecular complexity index is 1240. The van der Waals surface area contributed by atoms with Crippen molar-refractivity contribution in [2.75, 3.05) is 25.5 Å². The lowest BCUT2D eigenvalue weighted by molar-refractivity contribution is -0.153. The molecule has 32 heavy (non-hydrogen) atoms. The van der Waals surface area contributed by atoms with Crippen molar-refractivity contribution in [3.8, 4) is 22.5 Å². The van der Waals surface area contributed by atoms with E-state index >= 15 is 0 Å². The summed E-state index contributed by atoms with van der Waals surface area (Å²) in [4.78, 5) is 19.3. The van der Waals surface area contributed by atoms with Crippen LogP contribution >= 0.6 is 0 Å². The molecule has 3 heterocycles. The van der Waals surface area contributed by atoms with Gasteiger partial charge in [0.05, 0.1) is 18.7 Å². The van der Waals surface area contributed by atoms with Crippen molar-refractivity contribution < 1.29 is 18.0 Å². The first-order valence-electron chi connectivity index (χ1n) is 9.71. The molecule has 1 fully saturated rings.